The minimum absolute atomic E-state index is 0.704. The fourth-order valence-corrected chi connectivity index (χ4v) is 4.27. The zero-order chi connectivity index (χ0) is 20.1. The number of aromatic amines is 3. The van der Waals surface area contributed by atoms with Crippen LogP contribution < -0.4 is 4.90 Å². The lowest BCUT2D eigenvalue weighted by molar-refractivity contribution is 0.313. The van der Waals surface area contributed by atoms with Gasteiger partial charge in [-0.25, -0.2) is 4.98 Å². The summed E-state index contributed by atoms with van der Waals surface area (Å²) in [5, 5.41) is 16.7. The fourth-order valence-electron chi connectivity index (χ4n) is 4.27. The summed E-state index contributed by atoms with van der Waals surface area (Å²) < 4.78 is 0. The molecule has 4 aromatic heterocycles. The molecule has 8 heteroatoms. The second-order valence-electron chi connectivity index (χ2n) is 7.89. The lowest BCUT2D eigenvalue weighted by Crippen LogP contribution is -2.44. The number of hydrogen-bond acceptors (Lipinski definition) is 5. The summed E-state index contributed by atoms with van der Waals surface area (Å²) in [5.74, 6) is 0. The third kappa shape index (κ3) is 2.76. The van der Waals surface area contributed by atoms with E-state index in [4.69, 9.17) is 0 Å². The number of fused-ring (bicyclic) bond motifs is 2. The standard InChI is InChI=1S/C22H22N8/c1-29-5-7-30(8-6-29)20-4-2-3-18-16(20)10-19(26-18)21-17-9-14(15-12-24-25-13-15)11-23-22(17)28-27-21/h2-4,9-13,26H,5-8H2,1H3,(H,24,25)(H,23,27,28). The van der Waals surface area contributed by atoms with Crippen molar-refractivity contribution in [3.05, 3.63) is 48.9 Å². The van der Waals surface area contributed by atoms with Gasteiger partial charge in [0.05, 0.1) is 17.6 Å². The zero-order valence-electron chi connectivity index (χ0n) is 16.7. The number of anilines is 1. The van der Waals surface area contributed by atoms with Gasteiger partial charge in [0.25, 0.3) is 0 Å². The zero-order valence-corrected chi connectivity index (χ0v) is 16.7. The molecule has 5 heterocycles. The van der Waals surface area contributed by atoms with Crippen LogP contribution in [0.4, 0.5) is 5.69 Å². The lowest BCUT2D eigenvalue weighted by atomic mass is 10.1. The molecule has 0 aliphatic carbocycles. The third-order valence-electron chi connectivity index (χ3n) is 6.00. The highest BCUT2D eigenvalue weighted by Crippen LogP contribution is 2.34. The molecule has 1 aromatic carbocycles. The van der Waals surface area contributed by atoms with Crippen molar-refractivity contribution < 1.29 is 0 Å². The van der Waals surface area contributed by atoms with Gasteiger partial charge in [-0.15, -0.1) is 0 Å². The average molecular weight is 398 g/mol. The summed E-state index contributed by atoms with van der Waals surface area (Å²) in [6, 6.07) is 10.8. The molecule has 1 aliphatic rings. The number of aromatic nitrogens is 6. The van der Waals surface area contributed by atoms with Crippen LogP contribution in [0.5, 0.6) is 0 Å². The van der Waals surface area contributed by atoms with E-state index >= 15 is 0 Å². The first-order valence-electron chi connectivity index (χ1n) is 10.1. The van der Waals surface area contributed by atoms with E-state index in [1.165, 1.54) is 11.1 Å². The second kappa shape index (κ2) is 6.70. The maximum absolute atomic E-state index is 4.52. The van der Waals surface area contributed by atoms with Crippen LogP contribution in [0.25, 0.3) is 44.5 Å². The number of piperazine rings is 1. The number of nitrogens with zero attached hydrogens (tertiary/aromatic N) is 5. The molecule has 0 spiro atoms. The van der Waals surface area contributed by atoms with E-state index in [-0.39, 0.29) is 0 Å². The van der Waals surface area contributed by atoms with Crippen LogP contribution in [0.3, 0.4) is 0 Å². The molecular weight excluding hydrogens is 376 g/mol. The molecule has 0 saturated carbocycles. The maximum atomic E-state index is 4.52. The molecule has 1 fully saturated rings. The number of benzene rings is 1. The van der Waals surface area contributed by atoms with Gasteiger partial charge in [0.2, 0.25) is 0 Å². The van der Waals surface area contributed by atoms with Gasteiger partial charge in [0, 0.05) is 71.7 Å². The van der Waals surface area contributed by atoms with E-state index in [0.29, 0.717) is 5.65 Å². The van der Waals surface area contributed by atoms with Crippen molar-refractivity contribution in [1.29, 1.82) is 0 Å². The SMILES string of the molecule is CN1CCN(c2cccc3[nH]c(-c4[nH]nc5ncc(-c6cn[nH]c6)cc45)cc23)CC1. The van der Waals surface area contributed by atoms with Gasteiger partial charge in [-0.2, -0.15) is 10.2 Å². The Hall–Kier alpha value is -3.65. The fraction of sp³-hybridized carbons (Fsp3) is 0.227. The molecule has 0 bridgehead atoms. The summed E-state index contributed by atoms with van der Waals surface area (Å²) in [7, 11) is 2.18. The molecule has 6 rings (SSSR count). The first-order chi connectivity index (χ1) is 14.8. The van der Waals surface area contributed by atoms with Crippen LogP contribution in [-0.2, 0) is 0 Å². The molecule has 8 nitrogen and oxygen atoms in total. The topological polar surface area (TPSA) is 92.5 Å². The van der Waals surface area contributed by atoms with E-state index < -0.39 is 0 Å². The highest BCUT2D eigenvalue weighted by molar-refractivity contribution is 6.00. The van der Waals surface area contributed by atoms with E-state index in [0.717, 1.165) is 59.6 Å². The number of likely N-dealkylation sites (N-methyl/N-ethyl adjacent to an activating group) is 1. The second-order valence-corrected chi connectivity index (χ2v) is 7.89. The van der Waals surface area contributed by atoms with Crippen molar-refractivity contribution in [1.82, 2.24) is 35.3 Å². The van der Waals surface area contributed by atoms with Gasteiger partial charge in [0.15, 0.2) is 5.65 Å². The number of hydrogen-bond donors (Lipinski definition) is 3. The third-order valence-corrected chi connectivity index (χ3v) is 6.00. The molecule has 0 radical (unpaired) electrons. The van der Waals surface area contributed by atoms with Crippen molar-refractivity contribution in [2.45, 2.75) is 0 Å². The lowest BCUT2D eigenvalue weighted by Gasteiger charge is -2.34. The Bertz CT molecular complexity index is 1320. The summed E-state index contributed by atoms with van der Waals surface area (Å²) in [4.78, 5) is 13.0. The smallest absolute Gasteiger partial charge is 0.181 e. The predicted molar refractivity (Wildman–Crippen MR) is 118 cm³/mol. The van der Waals surface area contributed by atoms with Crippen molar-refractivity contribution >= 4 is 27.6 Å². The van der Waals surface area contributed by atoms with E-state index in [1.54, 1.807) is 6.20 Å². The van der Waals surface area contributed by atoms with Gasteiger partial charge < -0.3 is 14.8 Å². The minimum atomic E-state index is 0.704. The van der Waals surface area contributed by atoms with E-state index in [9.17, 15) is 0 Å². The molecule has 3 N–H and O–H groups in total. The quantitative estimate of drug-likeness (QED) is 0.434. The van der Waals surface area contributed by atoms with Crippen LogP contribution >= 0.6 is 0 Å². The van der Waals surface area contributed by atoms with Crippen molar-refractivity contribution in [2.75, 3.05) is 38.1 Å². The first kappa shape index (κ1) is 17.2. The Labute approximate surface area is 172 Å². The Morgan fingerprint density at radius 1 is 0.967 bits per heavy atom. The van der Waals surface area contributed by atoms with Gasteiger partial charge >= 0.3 is 0 Å². The molecule has 0 atom stereocenters. The normalized spacial score (nSPS) is 15.4. The average Bonchev–Trinajstić information content (AvgIpc) is 3.52. The molecule has 0 unspecified atom stereocenters. The van der Waals surface area contributed by atoms with Crippen LogP contribution in [0, 0.1) is 0 Å². The van der Waals surface area contributed by atoms with Gasteiger partial charge in [0.1, 0.15) is 0 Å². The number of nitrogens with one attached hydrogen (secondary N) is 3. The van der Waals surface area contributed by atoms with Crippen molar-refractivity contribution in [3.8, 4) is 22.5 Å². The van der Waals surface area contributed by atoms with Gasteiger partial charge in [-0.05, 0) is 31.3 Å². The molecule has 150 valence electrons. The highest BCUT2D eigenvalue weighted by Gasteiger charge is 2.19. The number of pyridine rings is 1. The summed E-state index contributed by atoms with van der Waals surface area (Å²) in [5.41, 5.74) is 7.09. The summed E-state index contributed by atoms with van der Waals surface area (Å²) in [6.45, 7) is 4.25. The Morgan fingerprint density at radius 2 is 1.87 bits per heavy atom. The minimum Gasteiger partial charge on any atom is -0.368 e. The van der Waals surface area contributed by atoms with Crippen molar-refractivity contribution in [3.63, 3.8) is 0 Å². The molecule has 1 saturated heterocycles. The molecule has 30 heavy (non-hydrogen) atoms. The highest BCUT2D eigenvalue weighted by atomic mass is 15.2. The van der Waals surface area contributed by atoms with Gasteiger partial charge in [-0.1, -0.05) is 6.07 Å². The molecular formula is C22H22N8. The van der Waals surface area contributed by atoms with Crippen molar-refractivity contribution in [2.24, 2.45) is 0 Å². The van der Waals surface area contributed by atoms with Crippen LogP contribution in [0.1, 0.15) is 0 Å². The Balaban J connectivity index is 1.45. The summed E-state index contributed by atoms with van der Waals surface area (Å²) in [6.07, 6.45) is 5.50. The predicted octanol–water partition coefficient (Wildman–Crippen LogP) is 3.25. The molecule has 5 aromatic rings. The number of rotatable bonds is 3. The monoisotopic (exact) mass is 398 g/mol. The summed E-state index contributed by atoms with van der Waals surface area (Å²) >= 11 is 0. The number of H-pyrrole nitrogens is 3. The first-order valence-corrected chi connectivity index (χ1v) is 10.1. The Kier molecular flexibility index (Phi) is 3.85. The maximum Gasteiger partial charge on any atom is 0.181 e. The van der Waals surface area contributed by atoms with Gasteiger partial charge in [-0.3, -0.25) is 10.2 Å². The largest absolute Gasteiger partial charge is 0.368 e. The molecule has 1 aliphatic heterocycles. The Morgan fingerprint density at radius 3 is 2.70 bits per heavy atom. The van der Waals surface area contributed by atoms with E-state index in [2.05, 4.69) is 77.5 Å². The molecule has 0 amide bonds. The van der Waals surface area contributed by atoms with E-state index in [1.807, 2.05) is 12.4 Å². The van der Waals surface area contributed by atoms with Crippen LogP contribution in [0.15, 0.2) is 48.9 Å². The van der Waals surface area contributed by atoms with Crippen LogP contribution in [0.2, 0.25) is 0 Å². The van der Waals surface area contributed by atoms with Crippen LogP contribution in [-0.4, -0.2) is 68.5 Å².